The third kappa shape index (κ3) is 10.0. The zero-order valence-corrected chi connectivity index (χ0v) is 12.7. The number of nitrogens with zero attached hydrogens (tertiary/aromatic N) is 3. The van der Waals surface area contributed by atoms with Crippen LogP contribution < -0.4 is 16.4 Å². The molecule has 0 aliphatic heterocycles. The van der Waals surface area contributed by atoms with E-state index >= 15 is 0 Å². The Labute approximate surface area is 118 Å². The molecule has 0 saturated carbocycles. The van der Waals surface area contributed by atoms with Crippen LogP contribution >= 0.6 is 11.6 Å². The number of hydrogen-bond donors (Lipinski definition) is 3. The summed E-state index contributed by atoms with van der Waals surface area (Å²) in [7, 11) is 0. The van der Waals surface area contributed by atoms with Gasteiger partial charge in [0.15, 0.2) is 0 Å². The first kappa shape index (κ1) is 17.4. The number of carbonyl (C=O) groups excluding carboxylic acids is 1. The fourth-order valence-electron chi connectivity index (χ4n) is 0.979. The van der Waals surface area contributed by atoms with E-state index in [0.29, 0.717) is 11.9 Å². The Kier molecular flexibility index (Phi) is 7.06. The molecule has 1 amide bonds. The van der Waals surface area contributed by atoms with Gasteiger partial charge in [0.1, 0.15) is 0 Å². The Balaban J connectivity index is 0.000000711. The lowest BCUT2D eigenvalue weighted by atomic mass is 10.1. The van der Waals surface area contributed by atoms with E-state index < -0.39 is 0 Å². The normalized spacial score (nSPS) is 10.2. The van der Waals surface area contributed by atoms with Crippen molar-refractivity contribution < 1.29 is 4.79 Å². The maximum atomic E-state index is 9.22. The van der Waals surface area contributed by atoms with E-state index in [-0.39, 0.29) is 16.7 Å². The molecule has 0 unspecified atom stereocenters. The van der Waals surface area contributed by atoms with Crippen LogP contribution in [0.3, 0.4) is 0 Å². The zero-order chi connectivity index (χ0) is 15.1. The van der Waals surface area contributed by atoms with Crippen LogP contribution in [0.5, 0.6) is 0 Å². The molecular formula is C11H21ClN6O. The molecule has 0 bridgehead atoms. The van der Waals surface area contributed by atoms with E-state index in [2.05, 4.69) is 31.3 Å². The van der Waals surface area contributed by atoms with Crippen molar-refractivity contribution in [3.63, 3.8) is 0 Å². The lowest BCUT2D eigenvalue weighted by Crippen LogP contribution is -2.27. The molecule has 19 heavy (non-hydrogen) atoms. The van der Waals surface area contributed by atoms with Gasteiger partial charge in [0, 0.05) is 19.0 Å². The molecular weight excluding hydrogens is 268 g/mol. The minimum absolute atomic E-state index is 0.103. The van der Waals surface area contributed by atoms with Crippen molar-refractivity contribution in [1.82, 2.24) is 15.0 Å². The second kappa shape index (κ2) is 7.73. The lowest BCUT2D eigenvalue weighted by molar-refractivity contribution is -0.115. The number of anilines is 2. The molecule has 0 aliphatic rings. The largest absolute Gasteiger partial charge is 0.370 e. The summed E-state index contributed by atoms with van der Waals surface area (Å²) in [5.74, 6) is 0.641. The van der Waals surface area contributed by atoms with Gasteiger partial charge in [0.05, 0.1) is 0 Å². The van der Waals surface area contributed by atoms with Gasteiger partial charge in [-0.15, -0.1) is 0 Å². The Hall–Kier alpha value is -1.63. The van der Waals surface area contributed by atoms with Crippen molar-refractivity contribution in [3.8, 4) is 0 Å². The quantitative estimate of drug-likeness (QED) is 0.781. The molecule has 4 N–H and O–H groups in total. The SMILES string of the molecule is CC(N)=O.CCNc1nc(Cl)nc(NC(C)(C)C)n1. The number of hydrogen-bond acceptors (Lipinski definition) is 6. The van der Waals surface area contributed by atoms with Crippen molar-refractivity contribution >= 4 is 29.4 Å². The topological polar surface area (TPSA) is 106 Å². The van der Waals surface area contributed by atoms with Crippen LogP contribution in [-0.4, -0.2) is 32.9 Å². The van der Waals surface area contributed by atoms with Crippen LogP contribution in [0.4, 0.5) is 11.9 Å². The van der Waals surface area contributed by atoms with Crippen molar-refractivity contribution in [3.05, 3.63) is 5.28 Å². The van der Waals surface area contributed by atoms with Gasteiger partial charge in [0.25, 0.3) is 0 Å². The summed E-state index contributed by atoms with van der Waals surface area (Å²) < 4.78 is 0. The van der Waals surface area contributed by atoms with Crippen LogP contribution in [0.25, 0.3) is 0 Å². The summed E-state index contributed by atoms with van der Waals surface area (Å²) in [5, 5.41) is 6.31. The molecule has 0 atom stereocenters. The molecule has 0 radical (unpaired) electrons. The molecule has 0 aliphatic carbocycles. The van der Waals surface area contributed by atoms with Gasteiger partial charge in [-0.2, -0.15) is 15.0 Å². The Morgan fingerprint density at radius 3 is 2.16 bits per heavy atom. The van der Waals surface area contributed by atoms with Gasteiger partial charge in [-0.3, -0.25) is 4.79 Å². The van der Waals surface area contributed by atoms with Gasteiger partial charge < -0.3 is 16.4 Å². The highest BCUT2D eigenvalue weighted by molar-refractivity contribution is 6.28. The molecule has 1 heterocycles. The number of primary amides is 1. The Morgan fingerprint density at radius 1 is 1.26 bits per heavy atom. The number of rotatable bonds is 3. The number of amides is 1. The number of nitrogens with two attached hydrogens (primary N) is 1. The predicted octanol–water partition coefficient (Wildman–Crippen LogP) is 1.66. The van der Waals surface area contributed by atoms with Crippen molar-refractivity contribution in [2.45, 2.75) is 40.2 Å². The first-order chi connectivity index (χ1) is 8.64. The van der Waals surface area contributed by atoms with E-state index in [1.165, 1.54) is 6.92 Å². The molecule has 8 heteroatoms. The highest BCUT2D eigenvalue weighted by Gasteiger charge is 2.12. The highest BCUT2D eigenvalue weighted by atomic mass is 35.5. The van der Waals surface area contributed by atoms with Gasteiger partial charge >= 0.3 is 0 Å². The monoisotopic (exact) mass is 288 g/mol. The summed E-state index contributed by atoms with van der Waals surface area (Å²) in [4.78, 5) is 21.3. The number of halogens is 1. The summed E-state index contributed by atoms with van der Waals surface area (Å²) in [6.07, 6.45) is 0. The molecule has 0 fully saturated rings. The third-order valence-electron chi connectivity index (χ3n) is 1.43. The summed E-state index contributed by atoms with van der Waals surface area (Å²) in [6, 6.07) is 0. The van der Waals surface area contributed by atoms with E-state index in [1.807, 2.05) is 27.7 Å². The number of carbonyl (C=O) groups is 1. The maximum absolute atomic E-state index is 9.22. The zero-order valence-electron chi connectivity index (χ0n) is 11.9. The molecule has 1 aromatic heterocycles. The number of nitrogens with one attached hydrogen (secondary N) is 2. The van der Waals surface area contributed by atoms with Crippen LogP contribution in [0.1, 0.15) is 34.6 Å². The summed E-state index contributed by atoms with van der Waals surface area (Å²) in [5.41, 5.74) is 4.37. The average Bonchev–Trinajstić information content (AvgIpc) is 2.12. The van der Waals surface area contributed by atoms with E-state index in [4.69, 9.17) is 11.6 Å². The van der Waals surface area contributed by atoms with Crippen LogP contribution in [0.15, 0.2) is 0 Å². The minimum Gasteiger partial charge on any atom is -0.370 e. The van der Waals surface area contributed by atoms with Gasteiger partial charge in [-0.25, -0.2) is 0 Å². The van der Waals surface area contributed by atoms with Gasteiger partial charge in [-0.05, 0) is 39.3 Å². The van der Waals surface area contributed by atoms with Crippen LogP contribution in [0, 0.1) is 0 Å². The minimum atomic E-state index is -0.333. The van der Waals surface area contributed by atoms with Crippen LogP contribution in [0.2, 0.25) is 5.28 Å². The highest BCUT2D eigenvalue weighted by Crippen LogP contribution is 2.13. The van der Waals surface area contributed by atoms with E-state index in [9.17, 15) is 4.79 Å². The maximum Gasteiger partial charge on any atom is 0.229 e. The molecule has 1 aromatic rings. The van der Waals surface area contributed by atoms with E-state index in [0.717, 1.165) is 6.54 Å². The fraction of sp³-hybridized carbons (Fsp3) is 0.636. The predicted molar refractivity (Wildman–Crippen MR) is 77.2 cm³/mol. The van der Waals surface area contributed by atoms with Crippen molar-refractivity contribution in [2.75, 3.05) is 17.2 Å². The number of aromatic nitrogens is 3. The Bertz CT molecular complexity index is 414. The second-order valence-corrected chi connectivity index (χ2v) is 5.11. The lowest BCUT2D eigenvalue weighted by Gasteiger charge is -2.20. The summed E-state index contributed by atoms with van der Waals surface area (Å²) >= 11 is 5.77. The second-order valence-electron chi connectivity index (χ2n) is 4.77. The average molecular weight is 289 g/mol. The van der Waals surface area contributed by atoms with Gasteiger partial charge in [-0.1, -0.05) is 0 Å². The smallest absolute Gasteiger partial charge is 0.229 e. The fourth-order valence-corrected chi connectivity index (χ4v) is 1.14. The van der Waals surface area contributed by atoms with Crippen LogP contribution in [-0.2, 0) is 4.79 Å². The molecule has 0 saturated heterocycles. The van der Waals surface area contributed by atoms with Crippen molar-refractivity contribution in [1.29, 1.82) is 0 Å². The Morgan fingerprint density at radius 2 is 1.74 bits per heavy atom. The molecule has 0 spiro atoms. The molecule has 7 nitrogen and oxygen atoms in total. The third-order valence-corrected chi connectivity index (χ3v) is 1.60. The first-order valence-corrected chi connectivity index (χ1v) is 6.21. The summed E-state index contributed by atoms with van der Waals surface area (Å²) in [6.45, 7) is 10.1. The molecule has 0 aromatic carbocycles. The first-order valence-electron chi connectivity index (χ1n) is 5.83. The van der Waals surface area contributed by atoms with Crippen molar-refractivity contribution in [2.24, 2.45) is 5.73 Å². The molecule has 108 valence electrons. The van der Waals surface area contributed by atoms with E-state index in [1.54, 1.807) is 0 Å². The standard InChI is InChI=1S/C9H16ClN5.C2H5NO/c1-5-11-7-12-6(10)13-8(14-7)15-9(2,3)4;1-2(3)4/h5H2,1-4H3,(H2,11,12,13,14,15);1H3,(H2,3,4). The van der Waals surface area contributed by atoms with Gasteiger partial charge in [0.2, 0.25) is 23.1 Å². The molecule has 1 rings (SSSR count).